The Labute approximate surface area is 142 Å². The van der Waals surface area contributed by atoms with Gasteiger partial charge in [-0.3, -0.25) is 4.99 Å². The Hall–Kier alpha value is -1.31. The van der Waals surface area contributed by atoms with Crippen LogP contribution in [-0.4, -0.2) is 19.3 Å². The first-order valence-electron chi connectivity index (χ1n) is 9.54. The first kappa shape index (κ1) is 16.5. The van der Waals surface area contributed by atoms with Crippen molar-refractivity contribution in [1.82, 2.24) is 0 Å². The summed E-state index contributed by atoms with van der Waals surface area (Å²) in [5.74, 6) is 1.52. The van der Waals surface area contributed by atoms with Crippen molar-refractivity contribution in [3.8, 4) is 0 Å². The average molecular weight is 313 g/mol. The number of anilines is 1. The molecule has 2 aliphatic rings. The van der Waals surface area contributed by atoms with E-state index >= 15 is 0 Å². The monoisotopic (exact) mass is 312 g/mol. The minimum Gasteiger partial charge on any atom is -0.372 e. The van der Waals surface area contributed by atoms with Crippen LogP contribution in [0.3, 0.4) is 0 Å². The molecule has 126 valence electrons. The molecular formula is C21H32N2. The summed E-state index contributed by atoms with van der Waals surface area (Å²) in [7, 11) is 2.21. The van der Waals surface area contributed by atoms with Crippen LogP contribution in [0.1, 0.15) is 64.4 Å². The molecule has 1 saturated carbocycles. The van der Waals surface area contributed by atoms with Gasteiger partial charge in [-0.25, -0.2) is 0 Å². The maximum Gasteiger partial charge on any atom is 0.0678 e. The van der Waals surface area contributed by atoms with Crippen LogP contribution < -0.4 is 4.90 Å². The van der Waals surface area contributed by atoms with Gasteiger partial charge in [0.25, 0.3) is 0 Å². The number of benzene rings is 1. The maximum atomic E-state index is 4.89. The Kier molecular flexibility index (Phi) is 5.40. The lowest BCUT2D eigenvalue weighted by atomic mass is 9.83. The van der Waals surface area contributed by atoms with Gasteiger partial charge in [-0.1, -0.05) is 45.1 Å². The fourth-order valence-electron chi connectivity index (χ4n) is 4.27. The van der Waals surface area contributed by atoms with E-state index in [1.807, 2.05) is 0 Å². The Morgan fingerprint density at radius 3 is 2.78 bits per heavy atom. The third-order valence-electron chi connectivity index (χ3n) is 5.88. The van der Waals surface area contributed by atoms with E-state index in [1.165, 1.54) is 61.9 Å². The molecule has 1 fully saturated rings. The molecule has 1 heterocycles. The maximum absolute atomic E-state index is 4.89. The SMILES string of the molecule is CC(/C=N/c1cccc2c1CCC(C)N2C)CC1CCCCC1. The van der Waals surface area contributed by atoms with Crippen molar-refractivity contribution in [2.24, 2.45) is 16.8 Å². The van der Waals surface area contributed by atoms with Gasteiger partial charge < -0.3 is 4.90 Å². The summed E-state index contributed by atoms with van der Waals surface area (Å²) in [4.78, 5) is 7.30. The fourth-order valence-corrected chi connectivity index (χ4v) is 4.27. The van der Waals surface area contributed by atoms with Gasteiger partial charge in [0.15, 0.2) is 0 Å². The third kappa shape index (κ3) is 3.97. The van der Waals surface area contributed by atoms with Crippen molar-refractivity contribution < 1.29 is 0 Å². The summed E-state index contributed by atoms with van der Waals surface area (Å²) in [6.45, 7) is 4.65. The van der Waals surface area contributed by atoms with Crippen LogP contribution in [0.4, 0.5) is 11.4 Å². The van der Waals surface area contributed by atoms with E-state index in [0.29, 0.717) is 12.0 Å². The topological polar surface area (TPSA) is 15.6 Å². The Morgan fingerprint density at radius 2 is 2.00 bits per heavy atom. The molecular weight excluding hydrogens is 280 g/mol. The van der Waals surface area contributed by atoms with Crippen LogP contribution >= 0.6 is 0 Å². The van der Waals surface area contributed by atoms with E-state index in [4.69, 9.17) is 4.99 Å². The minimum atomic E-state index is 0.592. The van der Waals surface area contributed by atoms with Gasteiger partial charge in [-0.2, -0.15) is 0 Å². The molecule has 2 heteroatoms. The van der Waals surface area contributed by atoms with E-state index < -0.39 is 0 Å². The zero-order valence-electron chi connectivity index (χ0n) is 15.1. The van der Waals surface area contributed by atoms with Crippen LogP contribution in [0.5, 0.6) is 0 Å². The van der Waals surface area contributed by atoms with E-state index in [0.717, 1.165) is 12.3 Å². The predicted molar refractivity (Wildman–Crippen MR) is 101 cm³/mol. The van der Waals surface area contributed by atoms with Crippen LogP contribution in [0.15, 0.2) is 23.2 Å². The van der Waals surface area contributed by atoms with Crippen molar-refractivity contribution in [3.05, 3.63) is 23.8 Å². The van der Waals surface area contributed by atoms with E-state index in [1.54, 1.807) is 0 Å². The highest BCUT2D eigenvalue weighted by molar-refractivity contribution is 5.72. The molecule has 0 N–H and O–H groups in total. The number of hydrogen-bond acceptors (Lipinski definition) is 2. The molecule has 1 aromatic rings. The summed E-state index contributed by atoms with van der Waals surface area (Å²) < 4.78 is 0. The van der Waals surface area contributed by atoms with Crippen LogP contribution in [-0.2, 0) is 6.42 Å². The summed E-state index contributed by atoms with van der Waals surface area (Å²) >= 11 is 0. The molecule has 0 radical (unpaired) electrons. The standard InChI is InChI=1S/C21H32N2/c1-16(14-18-8-5-4-6-9-18)15-22-20-10-7-11-21-19(20)13-12-17(2)23(21)3/h7,10-11,15-18H,4-6,8-9,12-14H2,1-3H3/b22-15+. The summed E-state index contributed by atoms with van der Waals surface area (Å²) in [6, 6.07) is 7.22. The molecule has 3 rings (SSSR count). The van der Waals surface area contributed by atoms with Gasteiger partial charge in [-0.15, -0.1) is 0 Å². The van der Waals surface area contributed by atoms with E-state index in [9.17, 15) is 0 Å². The molecule has 23 heavy (non-hydrogen) atoms. The van der Waals surface area contributed by atoms with Gasteiger partial charge in [-0.05, 0) is 50.2 Å². The first-order valence-corrected chi connectivity index (χ1v) is 9.54. The fraction of sp³-hybridized carbons (Fsp3) is 0.667. The molecule has 0 aromatic heterocycles. The van der Waals surface area contributed by atoms with Crippen molar-refractivity contribution >= 4 is 17.6 Å². The van der Waals surface area contributed by atoms with Crippen LogP contribution in [0.2, 0.25) is 0 Å². The summed E-state index contributed by atoms with van der Waals surface area (Å²) in [6.07, 6.45) is 13.1. The molecule has 2 atom stereocenters. The van der Waals surface area contributed by atoms with Crippen molar-refractivity contribution in [1.29, 1.82) is 0 Å². The number of aliphatic imine (C=N–C) groups is 1. The lowest BCUT2D eigenvalue weighted by molar-refractivity contribution is 0.322. The zero-order valence-corrected chi connectivity index (χ0v) is 15.1. The third-order valence-corrected chi connectivity index (χ3v) is 5.88. The summed E-state index contributed by atoms with van der Waals surface area (Å²) in [5.41, 5.74) is 4.00. The van der Waals surface area contributed by atoms with E-state index in [-0.39, 0.29) is 0 Å². The van der Waals surface area contributed by atoms with Gasteiger partial charge in [0, 0.05) is 30.6 Å². The van der Waals surface area contributed by atoms with Gasteiger partial charge in [0.1, 0.15) is 0 Å². The largest absolute Gasteiger partial charge is 0.372 e. The normalized spacial score (nSPS) is 24.0. The quantitative estimate of drug-likeness (QED) is 0.645. The molecule has 1 aromatic carbocycles. The Bertz CT molecular complexity index is 543. The molecule has 0 bridgehead atoms. The highest BCUT2D eigenvalue weighted by Crippen LogP contribution is 2.36. The first-order chi connectivity index (χ1) is 11.1. The van der Waals surface area contributed by atoms with Crippen LogP contribution in [0, 0.1) is 11.8 Å². The smallest absolute Gasteiger partial charge is 0.0678 e. The summed E-state index contributed by atoms with van der Waals surface area (Å²) in [5, 5.41) is 0. The molecule has 2 unspecified atom stereocenters. The molecule has 0 saturated heterocycles. The predicted octanol–water partition coefficient (Wildman–Crippen LogP) is 5.77. The number of fused-ring (bicyclic) bond motifs is 1. The Morgan fingerprint density at radius 1 is 1.22 bits per heavy atom. The second-order valence-corrected chi connectivity index (χ2v) is 7.77. The molecule has 2 nitrogen and oxygen atoms in total. The van der Waals surface area contributed by atoms with Crippen molar-refractivity contribution in [2.45, 2.75) is 71.3 Å². The zero-order chi connectivity index (χ0) is 16.2. The molecule has 0 spiro atoms. The molecule has 1 aliphatic heterocycles. The lowest BCUT2D eigenvalue weighted by Gasteiger charge is -2.34. The van der Waals surface area contributed by atoms with Crippen molar-refractivity contribution in [2.75, 3.05) is 11.9 Å². The van der Waals surface area contributed by atoms with Gasteiger partial charge in [0.05, 0.1) is 5.69 Å². The number of nitrogens with zero attached hydrogens (tertiary/aromatic N) is 2. The minimum absolute atomic E-state index is 0.592. The van der Waals surface area contributed by atoms with Crippen molar-refractivity contribution in [3.63, 3.8) is 0 Å². The highest BCUT2D eigenvalue weighted by atomic mass is 15.1. The van der Waals surface area contributed by atoms with Gasteiger partial charge in [0.2, 0.25) is 0 Å². The number of rotatable bonds is 4. The van der Waals surface area contributed by atoms with E-state index in [2.05, 4.69) is 50.2 Å². The molecule has 1 aliphatic carbocycles. The second-order valence-electron chi connectivity index (χ2n) is 7.77. The number of hydrogen-bond donors (Lipinski definition) is 0. The average Bonchev–Trinajstić information content (AvgIpc) is 2.57. The second kappa shape index (κ2) is 7.51. The molecule has 0 amide bonds. The lowest BCUT2D eigenvalue weighted by Crippen LogP contribution is -2.33. The van der Waals surface area contributed by atoms with Crippen LogP contribution in [0.25, 0.3) is 0 Å². The van der Waals surface area contributed by atoms with Gasteiger partial charge >= 0.3 is 0 Å². The Balaban J connectivity index is 1.67. The highest BCUT2D eigenvalue weighted by Gasteiger charge is 2.21.